The maximum atomic E-state index is 5.90. The van der Waals surface area contributed by atoms with E-state index in [4.69, 9.17) is 9.40 Å². The lowest BCUT2D eigenvalue weighted by molar-refractivity contribution is 0.620. The molecule has 0 bridgehead atoms. The van der Waals surface area contributed by atoms with E-state index in [0.29, 0.717) is 5.89 Å². The van der Waals surface area contributed by atoms with E-state index < -0.39 is 0 Å². The number of nitrogens with zero attached hydrogens (tertiary/aromatic N) is 2. The highest BCUT2D eigenvalue weighted by Gasteiger charge is 2.13. The van der Waals surface area contributed by atoms with Crippen molar-refractivity contribution in [3.63, 3.8) is 0 Å². The maximum absolute atomic E-state index is 5.90. The summed E-state index contributed by atoms with van der Waals surface area (Å²) in [7, 11) is 0. The third-order valence-electron chi connectivity index (χ3n) is 3.52. The average molecular weight is 266 g/mol. The Balaban J connectivity index is 2.14. The molecule has 0 aliphatic rings. The zero-order valence-electron chi connectivity index (χ0n) is 11.8. The summed E-state index contributed by atoms with van der Waals surface area (Å²) >= 11 is 0. The average Bonchev–Trinajstić information content (AvgIpc) is 2.94. The van der Waals surface area contributed by atoms with Crippen molar-refractivity contribution in [2.75, 3.05) is 18.0 Å². The second-order valence-corrected chi connectivity index (χ2v) is 4.68. The number of oxazole rings is 1. The van der Waals surface area contributed by atoms with Gasteiger partial charge in [0.2, 0.25) is 5.89 Å². The van der Waals surface area contributed by atoms with Crippen LogP contribution in [0.2, 0.25) is 0 Å². The SMILES string of the molecule is CCN(CC)c1cccc2oc(-c3ccccc3)nc12. The van der Waals surface area contributed by atoms with Crippen LogP contribution in [0.5, 0.6) is 0 Å². The third kappa shape index (κ3) is 2.16. The van der Waals surface area contributed by atoms with Crippen molar-refractivity contribution in [1.29, 1.82) is 0 Å². The minimum atomic E-state index is 0.681. The number of benzene rings is 2. The number of anilines is 1. The second-order valence-electron chi connectivity index (χ2n) is 4.68. The van der Waals surface area contributed by atoms with Crippen LogP contribution in [0, 0.1) is 0 Å². The van der Waals surface area contributed by atoms with Crippen LogP contribution >= 0.6 is 0 Å². The lowest BCUT2D eigenvalue weighted by Gasteiger charge is -2.20. The summed E-state index contributed by atoms with van der Waals surface area (Å²) in [5.74, 6) is 0.681. The summed E-state index contributed by atoms with van der Waals surface area (Å²) in [6.45, 7) is 6.23. The van der Waals surface area contributed by atoms with Crippen LogP contribution in [0.1, 0.15) is 13.8 Å². The highest BCUT2D eigenvalue weighted by molar-refractivity contribution is 5.89. The van der Waals surface area contributed by atoms with Crippen molar-refractivity contribution in [3.8, 4) is 11.5 Å². The Morgan fingerprint density at radius 3 is 2.40 bits per heavy atom. The monoisotopic (exact) mass is 266 g/mol. The van der Waals surface area contributed by atoms with E-state index in [1.54, 1.807) is 0 Å². The van der Waals surface area contributed by atoms with E-state index >= 15 is 0 Å². The molecule has 0 atom stereocenters. The molecule has 0 aliphatic carbocycles. The topological polar surface area (TPSA) is 29.3 Å². The Morgan fingerprint density at radius 1 is 0.950 bits per heavy atom. The van der Waals surface area contributed by atoms with Gasteiger partial charge in [0.05, 0.1) is 5.69 Å². The normalized spacial score (nSPS) is 10.9. The summed E-state index contributed by atoms with van der Waals surface area (Å²) < 4.78 is 5.90. The lowest BCUT2D eigenvalue weighted by atomic mass is 10.2. The van der Waals surface area contributed by atoms with Crippen molar-refractivity contribution in [3.05, 3.63) is 48.5 Å². The van der Waals surface area contributed by atoms with Gasteiger partial charge in [0, 0.05) is 18.7 Å². The number of fused-ring (bicyclic) bond motifs is 1. The smallest absolute Gasteiger partial charge is 0.227 e. The molecule has 20 heavy (non-hydrogen) atoms. The van der Waals surface area contributed by atoms with E-state index in [1.807, 2.05) is 42.5 Å². The first-order valence-electron chi connectivity index (χ1n) is 7.03. The Bertz CT molecular complexity index is 699. The van der Waals surface area contributed by atoms with Gasteiger partial charge in [0.15, 0.2) is 5.58 Å². The number of hydrogen-bond acceptors (Lipinski definition) is 3. The summed E-state index contributed by atoms with van der Waals surface area (Å²) in [6.07, 6.45) is 0. The molecule has 0 radical (unpaired) electrons. The molecule has 0 N–H and O–H groups in total. The Morgan fingerprint density at radius 2 is 1.70 bits per heavy atom. The highest BCUT2D eigenvalue weighted by atomic mass is 16.3. The molecule has 2 aromatic carbocycles. The molecule has 3 aromatic rings. The van der Waals surface area contributed by atoms with Gasteiger partial charge in [0.25, 0.3) is 0 Å². The molecule has 3 nitrogen and oxygen atoms in total. The number of aromatic nitrogens is 1. The minimum Gasteiger partial charge on any atom is -0.436 e. The van der Waals surface area contributed by atoms with Crippen molar-refractivity contribution in [2.45, 2.75) is 13.8 Å². The van der Waals surface area contributed by atoms with Gasteiger partial charge in [-0.3, -0.25) is 0 Å². The Kier molecular flexibility index (Phi) is 3.42. The predicted molar refractivity (Wildman–Crippen MR) is 83.0 cm³/mol. The summed E-state index contributed by atoms with van der Waals surface area (Å²) in [6, 6.07) is 16.1. The first kappa shape index (κ1) is 12.7. The van der Waals surface area contributed by atoms with Crippen LogP contribution in [0.4, 0.5) is 5.69 Å². The maximum Gasteiger partial charge on any atom is 0.227 e. The quantitative estimate of drug-likeness (QED) is 0.703. The van der Waals surface area contributed by atoms with E-state index in [0.717, 1.165) is 35.4 Å². The first-order chi connectivity index (χ1) is 9.83. The molecule has 0 aliphatic heterocycles. The molecule has 0 spiro atoms. The summed E-state index contributed by atoms with van der Waals surface area (Å²) in [5, 5.41) is 0. The van der Waals surface area contributed by atoms with Gasteiger partial charge < -0.3 is 9.32 Å². The standard InChI is InChI=1S/C17H18N2O/c1-3-19(4-2)14-11-8-12-15-16(14)18-17(20-15)13-9-6-5-7-10-13/h5-12H,3-4H2,1-2H3. The molecule has 1 aromatic heterocycles. The predicted octanol–water partition coefficient (Wildman–Crippen LogP) is 4.34. The van der Waals surface area contributed by atoms with Gasteiger partial charge in [-0.15, -0.1) is 0 Å². The minimum absolute atomic E-state index is 0.681. The zero-order chi connectivity index (χ0) is 13.9. The molecule has 0 saturated heterocycles. The molecular weight excluding hydrogens is 248 g/mol. The van der Waals surface area contributed by atoms with E-state index in [1.165, 1.54) is 0 Å². The number of hydrogen-bond donors (Lipinski definition) is 0. The number of rotatable bonds is 4. The molecule has 102 valence electrons. The van der Waals surface area contributed by atoms with Gasteiger partial charge in [-0.1, -0.05) is 24.3 Å². The van der Waals surface area contributed by atoms with Crippen LogP contribution in [0.15, 0.2) is 52.9 Å². The molecule has 0 unspecified atom stereocenters. The third-order valence-corrected chi connectivity index (χ3v) is 3.52. The Hall–Kier alpha value is -2.29. The second kappa shape index (κ2) is 5.37. The van der Waals surface area contributed by atoms with Crippen molar-refractivity contribution in [1.82, 2.24) is 4.98 Å². The summed E-state index contributed by atoms with van der Waals surface area (Å²) in [5.41, 5.74) is 3.93. The van der Waals surface area contributed by atoms with Crippen LogP contribution in [0.3, 0.4) is 0 Å². The fourth-order valence-corrected chi connectivity index (χ4v) is 2.46. The van der Waals surface area contributed by atoms with E-state index in [9.17, 15) is 0 Å². The van der Waals surface area contributed by atoms with Crippen LogP contribution < -0.4 is 4.90 Å². The molecule has 3 rings (SSSR count). The van der Waals surface area contributed by atoms with Crippen LogP contribution in [-0.2, 0) is 0 Å². The first-order valence-corrected chi connectivity index (χ1v) is 7.03. The molecule has 3 heteroatoms. The van der Waals surface area contributed by atoms with Crippen molar-refractivity contribution >= 4 is 16.8 Å². The molecule has 0 amide bonds. The zero-order valence-corrected chi connectivity index (χ0v) is 11.8. The van der Waals surface area contributed by atoms with E-state index in [2.05, 4.69) is 24.8 Å². The highest BCUT2D eigenvalue weighted by Crippen LogP contribution is 2.30. The molecular formula is C17H18N2O. The van der Waals surface area contributed by atoms with Gasteiger partial charge in [-0.25, -0.2) is 4.98 Å². The number of para-hydroxylation sites is 1. The summed E-state index contributed by atoms with van der Waals surface area (Å²) in [4.78, 5) is 6.98. The van der Waals surface area contributed by atoms with Crippen LogP contribution in [-0.4, -0.2) is 18.1 Å². The Labute approximate surface area is 118 Å². The van der Waals surface area contributed by atoms with Crippen molar-refractivity contribution in [2.24, 2.45) is 0 Å². The van der Waals surface area contributed by atoms with Gasteiger partial charge in [-0.2, -0.15) is 0 Å². The lowest BCUT2D eigenvalue weighted by Crippen LogP contribution is -2.21. The molecule has 0 saturated carbocycles. The van der Waals surface area contributed by atoms with Crippen molar-refractivity contribution < 1.29 is 4.42 Å². The van der Waals surface area contributed by atoms with Crippen LogP contribution in [0.25, 0.3) is 22.6 Å². The molecule has 0 fully saturated rings. The fourth-order valence-electron chi connectivity index (χ4n) is 2.46. The van der Waals surface area contributed by atoms with Gasteiger partial charge in [-0.05, 0) is 38.1 Å². The molecule has 1 heterocycles. The fraction of sp³-hybridized carbons (Fsp3) is 0.235. The largest absolute Gasteiger partial charge is 0.436 e. The van der Waals surface area contributed by atoms with Gasteiger partial charge in [0.1, 0.15) is 5.52 Å². The van der Waals surface area contributed by atoms with Gasteiger partial charge >= 0.3 is 0 Å². The van der Waals surface area contributed by atoms with E-state index in [-0.39, 0.29) is 0 Å².